The van der Waals surface area contributed by atoms with Gasteiger partial charge in [-0.3, -0.25) is 0 Å². The fraction of sp³-hybridized carbons (Fsp3) is 0.857. The van der Waals surface area contributed by atoms with Crippen molar-refractivity contribution in [3.05, 3.63) is 35.9 Å². The molecule has 1 aromatic carbocycles. The molecule has 0 radical (unpaired) electrons. The number of hydrogen-bond acceptors (Lipinski definition) is 5. The van der Waals surface area contributed by atoms with Crippen LogP contribution in [0.2, 0.25) is 0 Å². The normalized spacial score (nSPS) is 13.6. The van der Waals surface area contributed by atoms with Gasteiger partial charge in [0.1, 0.15) is 0 Å². The third kappa shape index (κ3) is 27.9. The van der Waals surface area contributed by atoms with Crippen LogP contribution in [0.3, 0.4) is 0 Å². The van der Waals surface area contributed by atoms with Crippen molar-refractivity contribution < 1.29 is 19.7 Å². The van der Waals surface area contributed by atoms with Gasteiger partial charge in [0.2, 0.25) is 12.1 Å². The number of ether oxygens (including phenoxy) is 2. The molecule has 0 bridgehead atoms. The van der Waals surface area contributed by atoms with Gasteiger partial charge in [-0.2, -0.15) is 11.8 Å². The number of aliphatic hydroxyl groups excluding tert-OH is 1. The lowest BCUT2D eigenvalue weighted by Gasteiger charge is -2.32. The Morgan fingerprint density at radius 1 is 0.532 bits per heavy atom. The standard InChI is InChI=1S/C42H78O4S/c1-3-5-7-9-11-13-15-17-19-21-23-25-27-32-36-45-41(43)42(44,39-47-38-40-34-30-29-31-35-40)46-37-33-28-26-24-22-20-18-16-14-12-10-8-6-4-2/h29-31,34-35,41,43-44H,3-28,32-33,36-39H2,1-2H3. The van der Waals surface area contributed by atoms with Crippen LogP contribution in [0.4, 0.5) is 0 Å². The molecule has 47 heavy (non-hydrogen) atoms. The van der Waals surface area contributed by atoms with Crippen LogP contribution in [-0.4, -0.2) is 41.3 Å². The molecule has 0 fully saturated rings. The van der Waals surface area contributed by atoms with E-state index in [1.165, 1.54) is 160 Å². The number of benzene rings is 1. The molecule has 0 spiro atoms. The molecule has 276 valence electrons. The highest BCUT2D eigenvalue weighted by molar-refractivity contribution is 7.98. The van der Waals surface area contributed by atoms with Gasteiger partial charge in [0, 0.05) is 12.4 Å². The van der Waals surface area contributed by atoms with Gasteiger partial charge >= 0.3 is 0 Å². The third-order valence-electron chi connectivity index (χ3n) is 9.43. The fourth-order valence-electron chi connectivity index (χ4n) is 6.24. The number of thioether (sulfide) groups is 1. The molecule has 0 aliphatic heterocycles. The molecule has 0 saturated heterocycles. The minimum Gasteiger partial charge on any atom is -0.364 e. The van der Waals surface area contributed by atoms with Crippen LogP contribution in [0.25, 0.3) is 0 Å². The summed E-state index contributed by atoms with van der Waals surface area (Å²) >= 11 is 1.58. The van der Waals surface area contributed by atoms with Gasteiger partial charge in [-0.15, -0.1) is 0 Å². The lowest BCUT2D eigenvalue weighted by Crippen LogP contribution is -2.49. The van der Waals surface area contributed by atoms with E-state index in [1.807, 2.05) is 18.2 Å². The Hall–Kier alpha value is -0.590. The van der Waals surface area contributed by atoms with Crippen LogP contribution < -0.4 is 0 Å². The zero-order valence-corrected chi connectivity index (χ0v) is 32.0. The molecule has 0 aromatic heterocycles. The van der Waals surface area contributed by atoms with Crippen LogP contribution in [0.1, 0.15) is 199 Å². The summed E-state index contributed by atoms with van der Waals surface area (Å²) in [7, 11) is 0. The molecule has 0 aliphatic carbocycles. The summed E-state index contributed by atoms with van der Waals surface area (Å²) in [5, 5.41) is 22.2. The monoisotopic (exact) mass is 679 g/mol. The second kappa shape index (κ2) is 33.9. The van der Waals surface area contributed by atoms with Gasteiger partial charge in [-0.1, -0.05) is 211 Å². The van der Waals surface area contributed by atoms with Crippen molar-refractivity contribution in [2.75, 3.05) is 19.0 Å². The molecule has 5 heteroatoms. The van der Waals surface area contributed by atoms with Crippen molar-refractivity contribution >= 4 is 11.8 Å². The minimum atomic E-state index is -1.69. The quantitative estimate of drug-likeness (QED) is 0.0542. The van der Waals surface area contributed by atoms with E-state index in [4.69, 9.17) is 9.47 Å². The molecule has 0 aliphatic rings. The Labute approximate surface area is 297 Å². The topological polar surface area (TPSA) is 58.9 Å². The molecule has 2 N–H and O–H groups in total. The van der Waals surface area contributed by atoms with Crippen molar-refractivity contribution in [1.29, 1.82) is 0 Å². The van der Waals surface area contributed by atoms with Crippen LogP contribution in [0.15, 0.2) is 30.3 Å². The second-order valence-electron chi connectivity index (χ2n) is 14.1. The van der Waals surface area contributed by atoms with E-state index in [0.29, 0.717) is 13.2 Å². The highest BCUT2D eigenvalue weighted by atomic mass is 32.2. The van der Waals surface area contributed by atoms with Crippen molar-refractivity contribution in [2.45, 2.75) is 211 Å². The summed E-state index contributed by atoms with van der Waals surface area (Å²) in [6.07, 6.45) is 35.3. The van der Waals surface area contributed by atoms with E-state index in [9.17, 15) is 10.2 Å². The van der Waals surface area contributed by atoms with Gasteiger partial charge in [0.05, 0.1) is 12.4 Å². The molecule has 0 heterocycles. The highest BCUT2D eigenvalue weighted by Crippen LogP contribution is 2.25. The van der Waals surface area contributed by atoms with Gasteiger partial charge in [-0.05, 0) is 18.4 Å². The van der Waals surface area contributed by atoms with E-state index in [1.54, 1.807) is 11.8 Å². The summed E-state index contributed by atoms with van der Waals surface area (Å²) in [5.41, 5.74) is 1.20. The molecular formula is C42H78O4S. The largest absolute Gasteiger partial charge is 0.364 e. The van der Waals surface area contributed by atoms with Crippen LogP contribution in [-0.2, 0) is 15.2 Å². The van der Waals surface area contributed by atoms with Gasteiger partial charge in [0.15, 0.2) is 0 Å². The van der Waals surface area contributed by atoms with Gasteiger partial charge in [0.25, 0.3) is 0 Å². The smallest absolute Gasteiger partial charge is 0.227 e. The zero-order chi connectivity index (χ0) is 33.9. The minimum absolute atomic E-state index is 0.278. The van der Waals surface area contributed by atoms with Crippen molar-refractivity contribution in [1.82, 2.24) is 0 Å². The van der Waals surface area contributed by atoms with Crippen LogP contribution in [0, 0.1) is 0 Å². The average molecular weight is 679 g/mol. The first-order valence-electron chi connectivity index (χ1n) is 20.4. The number of aliphatic hydroxyl groups is 2. The summed E-state index contributed by atoms with van der Waals surface area (Å²) in [6, 6.07) is 10.2. The van der Waals surface area contributed by atoms with Gasteiger partial charge in [-0.25, -0.2) is 0 Å². The maximum Gasteiger partial charge on any atom is 0.227 e. The van der Waals surface area contributed by atoms with Crippen LogP contribution >= 0.6 is 11.8 Å². The van der Waals surface area contributed by atoms with Crippen molar-refractivity contribution in [3.63, 3.8) is 0 Å². The highest BCUT2D eigenvalue weighted by Gasteiger charge is 2.38. The Morgan fingerprint density at radius 2 is 0.894 bits per heavy atom. The fourth-order valence-corrected chi connectivity index (χ4v) is 7.29. The summed E-state index contributed by atoms with van der Waals surface area (Å²) in [5.74, 6) is -0.649. The molecule has 0 saturated carbocycles. The van der Waals surface area contributed by atoms with E-state index in [2.05, 4.69) is 26.0 Å². The molecule has 2 atom stereocenters. The molecule has 4 nitrogen and oxygen atoms in total. The predicted molar refractivity (Wildman–Crippen MR) is 206 cm³/mol. The summed E-state index contributed by atoms with van der Waals surface area (Å²) in [4.78, 5) is 0. The number of rotatable bonds is 37. The SMILES string of the molecule is CCCCCCCCCCCCCCCCOC(O)C(O)(CSCc1ccccc1)OCCCCCCCCCCCCCCCC. The Kier molecular flexibility index (Phi) is 32.0. The maximum absolute atomic E-state index is 11.4. The molecule has 2 unspecified atom stereocenters. The number of unbranched alkanes of at least 4 members (excludes halogenated alkanes) is 26. The maximum atomic E-state index is 11.4. The Balaban J connectivity index is 2.18. The van der Waals surface area contributed by atoms with E-state index < -0.39 is 12.1 Å². The van der Waals surface area contributed by atoms with Gasteiger partial charge < -0.3 is 19.7 Å². The molecule has 1 rings (SSSR count). The van der Waals surface area contributed by atoms with E-state index in [0.717, 1.165) is 31.4 Å². The molecule has 0 amide bonds. The third-order valence-corrected chi connectivity index (χ3v) is 10.6. The van der Waals surface area contributed by atoms with E-state index in [-0.39, 0.29) is 5.75 Å². The summed E-state index contributed by atoms with van der Waals surface area (Å²) < 4.78 is 11.7. The average Bonchev–Trinajstić information content (AvgIpc) is 3.08. The Morgan fingerprint density at radius 3 is 1.30 bits per heavy atom. The second-order valence-corrected chi connectivity index (χ2v) is 15.1. The van der Waals surface area contributed by atoms with Crippen LogP contribution in [0.5, 0.6) is 0 Å². The van der Waals surface area contributed by atoms with Crippen molar-refractivity contribution in [3.8, 4) is 0 Å². The number of hydrogen-bond donors (Lipinski definition) is 2. The van der Waals surface area contributed by atoms with E-state index >= 15 is 0 Å². The summed E-state index contributed by atoms with van der Waals surface area (Å²) in [6.45, 7) is 5.46. The molecular weight excluding hydrogens is 601 g/mol. The lowest BCUT2D eigenvalue weighted by atomic mass is 10.0. The first-order valence-corrected chi connectivity index (χ1v) is 21.6. The van der Waals surface area contributed by atoms with Crippen molar-refractivity contribution in [2.24, 2.45) is 0 Å². The zero-order valence-electron chi connectivity index (χ0n) is 31.2. The predicted octanol–water partition coefficient (Wildman–Crippen LogP) is 12.9. The Bertz CT molecular complexity index is 747. The molecule has 1 aromatic rings. The first-order chi connectivity index (χ1) is 23.1. The lowest BCUT2D eigenvalue weighted by molar-refractivity contribution is -0.312. The first kappa shape index (κ1) is 44.4.